The molecule has 37 heavy (non-hydrogen) atoms. The van der Waals surface area contributed by atoms with Crippen LogP contribution in [0.1, 0.15) is 102 Å². The van der Waals surface area contributed by atoms with Crippen LogP contribution in [-0.2, 0) is 6.18 Å². The first-order valence-electron chi connectivity index (χ1n) is 13.5. The van der Waals surface area contributed by atoms with Crippen LogP contribution < -0.4 is 10.6 Å². The second-order valence-corrected chi connectivity index (χ2v) is 9.40. The third-order valence-corrected chi connectivity index (χ3v) is 6.28. The number of hydrogen-bond acceptors (Lipinski definition) is 6. The van der Waals surface area contributed by atoms with Gasteiger partial charge in [0.15, 0.2) is 0 Å². The molecule has 0 bridgehead atoms. The summed E-state index contributed by atoms with van der Waals surface area (Å²) in [6.07, 6.45) is 14.1. The first-order valence-corrected chi connectivity index (χ1v) is 13.5. The second kappa shape index (κ2) is 16.8. The van der Waals surface area contributed by atoms with Crippen molar-refractivity contribution < 1.29 is 18.1 Å². The second-order valence-electron chi connectivity index (χ2n) is 9.40. The zero-order chi connectivity index (χ0) is 26.9. The highest BCUT2D eigenvalue weighted by atomic mass is 19.4. The summed E-state index contributed by atoms with van der Waals surface area (Å²) in [5.74, 6) is -0.119. The van der Waals surface area contributed by atoms with Crippen molar-refractivity contribution in [1.82, 2.24) is 9.97 Å². The van der Waals surface area contributed by atoms with E-state index >= 15 is 0 Å². The molecule has 0 aliphatic rings. The third-order valence-electron chi connectivity index (χ3n) is 6.28. The quantitative estimate of drug-likeness (QED) is 0.108. The summed E-state index contributed by atoms with van der Waals surface area (Å²) in [7, 11) is 0. The van der Waals surface area contributed by atoms with E-state index < -0.39 is 22.4 Å². The van der Waals surface area contributed by atoms with Gasteiger partial charge in [-0.05, 0) is 24.6 Å². The van der Waals surface area contributed by atoms with Gasteiger partial charge in [0.1, 0.15) is 6.33 Å². The first-order chi connectivity index (χ1) is 17.8. The van der Waals surface area contributed by atoms with E-state index in [1.807, 2.05) is 0 Å². The molecule has 0 atom stereocenters. The maximum Gasteiger partial charge on any atom is 0.416 e. The topological polar surface area (TPSA) is 93.0 Å². The highest BCUT2D eigenvalue weighted by Crippen LogP contribution is 2.34. The fourth-order valence-electron chi connectivity index (χ4n) is 4.21. The number of unbranched alkanes of at least 4 members (excludes halogenated alkanes) is 13. The van der Waals surface area contributed by atoms with E-state index in [1.54, 1.807) is 0 Å². The van der Waals surface area contributed by atoms with Crippen LogP contribution in [0.4, 0.5) is 36.2 Å². The summed E-state index contributed by atoms with van der Waals surface area (Å²) in [5.41, 5.74) is -1.20. The molecule has 1 aromatic carbocycles. The number of hydrogen-bond donors (Lipinski definition) is 2. The Morgan fingerprint density at radius 2 is 1.38 bits per heavy atom. The Morgan fingerprint density at radius 3 is 1.92 bits per heavy atom. The molecule has 206 valence electrons. The molecule has 0 unspecified atom stereocenters. The molecule has 7 nitrogen and oxygen atoms in total. The number of benzene rings is 1. The van der Waals surface area contributed by atoms with E-state index in [-0.39, 0.29) is 17.3 Å². The van der Waals surface area contributed by atoms with Crippen molar-refractivity contribution in [3.8, 4) is 0 Å². The van der Waals surface area contributed by atoms with Gasteiger partial charge in [0.25, 0.3) is 0 Å². The highest BCUT2D eigenvalue weighted by molar-refractivity contribution is 5.73. The molecule has 2 N–H and O–H groups in total. The Hall–Kier alpha value is -2.91. The average molecular weight is 524 g/mol. The lowest BCUT2D eigenvalue weighted by atomic mass is 10.0. The lowest BCUT2D eigenvalue weighted by Gasteiger charge is -2.12. The number of aromatic nitrogens is 2. The smallest absolute Gasteiger partial charge is 0.364 e. The molecule has 0 spiro atoms. The maximum absolute atomic E-state index is 13.0. The van der Waals surface area contributed by atoms with Crippen LogP contribution in [0, 0.1) is 10.1 Å². The maximum atomic E-state index is 13.0. The number of rotatable bonds is 19. The molecule has 1 aromatic heterocycles. The van der Waals surface area contributed by atoms with Crippen LogP contribution in [0.2, 0.25) is 0 Å². The van der Waals surface area contributed by atoms with E-state index in [9.17, 15) is 23.3 Å². The summed E-state index contributed by atoms with van der Waals surface area (Å²) in [5, 5.41) is 17.3. The summed E-state index contributed by atoms with van der Waals surface area (Å²) in [4.78, 5) is 18.9. The number of nitro groups is 1. The average Bonchev–Trinajstić information content (AvgIpc) is 2.86. The van der Waals surface area contributed by atoms with E-state index in [1.165, 1.54) is 82.8 Å². The van der Waals surface area contributed by atoms with E-state index in [0.717, 1.165) is 37.7 Å². The standard InChI is InChI=1S/C27H40F3N5O2/c1-2-3-4-5-6-7-8-9-10-11-12-13-14-15-19-31-25-24(35(36)37)26(33-21-32-25)34-23-18-16-17-22(20-23)27(28,29)30/h16-18,20-21H,2-15,19H2,1H3,(H2,31,32,33,34). The molecule has 2 rings (SSSR count). The van der Waals surface area contributed by atoms with Crippen LogP contribution in [0.5, 0.6) is 0 Å². The minimum absolute atomic E-state index is 0.0455. The first kappa shape index (κ1) is 30.3. The molecule has 0 saturated carbocycles. The molecule has 0 aliphatic heterocycles. The fraction of sp³-hybridized carbons (Fsp3) is 0.630. The summed E-state index contributed by atoms with van der Waals surface area (Å²) in [6.45, 7) is 2.75. The van der Waals surface area contributed by atoms with Gasteiger partial charge in [-0.3, -0.25) is 10.1 Å². The van der Waals surface area contributed by atoms with E-state index in [4.69, 9.17) is 0 Å². The van der Waals surface area contributed by atoms with Crippen molar-refractivity contribution in [2.45, 2.75) is 103 Å². The largest absolute Gasteiger partial charge is 0.416 e. The van der Waals surface area contributed by atoms with Gasteiger partial charge in [0.05, 0.1) is 10.5 Å². The van der Waals surface area contributed by atoms with Crippen molar-refractivity contribution >= 4 is 23.0 Å². The zero-order valence-corrected chi connectivity index (χ0v) is 21.8. The number of nitrogens with one attached hydrogen (secondary N) is 2. The van der Waals surface area contributed by atoms with Gasteiger partial charge in [-0.25, -0.2) is 9.97 Å². The molecule has 0 saturated heterocycles. The van der Waals surface area contributed by atoms with Crippen molar-refractivity contribution in [1.29, 1.82) is 0 Å². The molecule has 2 aromatic rings. The molecule has 0 fully saturated rings. The lowest BCUT2D eigenvalue weighted by Crippen LogP contribution is -2.10. The molecular weight excluding hydrogens is 483 g/mol. The minimum atomic E-state index is -4.52. The van der Waals surface area contributed by atoms with E-state index in [2.05, 4.69) is 27.5 Å². The van der Waals surface area contributed by atoms with Crippen molar-refractivity contribution in [3.63, 3.8) is 0 Å². The van der Waals surface area contributed by atoms with Gasteiger partial charge in [0, 0.05) is 12.2 Å². The Morgan fingerprint density at radius 1 is 0.838 bits per heavy atom. The molecule has 1 heterocycles. The highest BCUT2D eigenvalue weighted by Gasteiger charge is 2.31. The third kappa shape index (κ3) is 11.8. The predicted molar refractivity (Wildman–Crippen MR) is 142 cm³/mol. The number of halogens is 3. The van der Waals surface area contributed by atoms with Crippen LogP contribution in [0.3, 0.4) is 0 Å². The molecule has 0 amide bonds. The van der Waals surface area contributed by atoms with Gasteiger partial charge >= 0.3 is 11.9 Å². The van der Waals surface area contributed by atoms with Gasteiger partial charge in [0.2, 0.25) is 11.6 Å². The van der Waals surface area contributed by atoms with Gasteiger partial charge in [-0.2, -0.15) is 13.2 Å². The van der Waals surface area contributed by atoms with E-state index in [0.29, 0.717) is 6.54 Å². The number of alkyl halides is 3. The molecule has 0 aliphatic carbocycles. The van der Waals surface area contributed by atoms with Crippen molar-refractivity contribution in [3.05, 3.63) is 46.3 Å². The molecule has 0 radical (unpaired) electrons. The monoisotopic (exact) mass is 523 g/mol. The number of nitrogens with zero attached hydrogens (tertiary/aromatic N) is 3. The van der Waals surface area contributed by atoms with Crippen molar-refractivity contribution in [2.75, 3.05) is 17.2 Å². The minimum Gasteiger partial charge on any atom is -0.364 e. The summed E-state index contributed by atoms with van der Waals surface area (Å²) >= 11 is 0. The Labute approximate surface area is 217 Å². The summed E-state index contributed by atoms with van der Waals surface area (Å²) < 4.78 is 39.0. The normalized spacial score (nSPS) is 11.5. The number of anilines is 3. The van der Waals surface area contributed by atoms with Crippen LogP contribution in [-0.4, -0.2) is 21.4 Å². The van der Waals surface area contributed by atoms with Gasteiger partial charge in [-0.15, -0.1) is 0 Å². The predicted octanol–water partition coefficient (Wildman–Crippen LogP) is 9.04. The van der Waals surface area contributed by atoms with Crippen LogP contribution >= 0.6 is 0 Å². The van der Waals surface area contributed by atoms with Crippen molar-refractivity contribution in [2.24, 2.45) is 0 Å². The molecular formula is C27H40F3N5O2. The molecule has 10 heteroatoms. The zero-order valence-electron chi connectivity index (χ0n) is 21.8. The Balaban J connectivity index is 1.70. The Kier molecular flexibility index (Phi) is 13.7. The SMILES string of the molecule is CCCCCCCCCCCCCCCCNc1ncnc(Nc2cccc(C(F)(F)F)c2)c1[N+](=O)[O-]. The van der Waals surface area contributed by atoms with Gasteiger partial charge in [-0.1, -0.05) is 96.5 Å². The van der Waals surface area contributed by atoms with Gasteiger partial charge < -0.3 is 10.6 Å². The fourth-order valence-corrected chi connectivity index (χ4v) is 4.21. The lowest BCUT2D eigenvalue weighted by molar-refractivity contribution is -0.383. The Bertz CT molecular complexity index is 940. The van der Waals surface area contributed by atoms with Crippen LogP contribution in [0.15, 0.2) is 30.6 Å². The summed E-state index contributed by atoms with van der Waals surface area (Å²) in [6, 6.07) is 4.44. The van der Waals surface area contributed by atoms with Crippen LogP contribution in [0.25, 0.3) is 0 Å².